The van der Waals surface area contributed by atoms with Crippen molar-refractivity contribution in [2.45, 2.75) is 0 Å². The molecule has 28 heavy (non-hydrogen) atoms. The van der Waals surface area contributed by atoms with Crippen LogP contribution in [0.2, 0.25) is 0 Å². The van der Waals surface area contributed by atoms with Crippen LogP contribution in [-0.2, 0) is 9.53 Å². The maximum absolute atomic E-state index is 12.7. The summed E-state index contributed by atoms with van der Waals surface area (Å²) in [6.07, 6.45) is 1.52. The number of nitrogens with one attached hydrogen (secondary N) is 1. The van der Waals surface area contributed by atoms with Crippen LogP contribution >= 0.6 is 0 Å². The minimum absolute atomic E-state index is 0.115. The molecule has 0 atom stereocenters. The molecule has 2 saturated heterocycles. The van der Waals surface area contributed by atoms with Crippen molar-refractivity contribution < 1.29 is 9.53 Å². The Hall–Kier alpha value is -2.60. The van der Waals surface area contributed by atoms with E-state index in [4.69, 9.17) is 10.5 Å². The van der Waals surface area contributed by atoms with Gasteiger partial charge in [-0.2, -0.15) is 5.26 Å². The monoisotopic (exact) mass is 384 g/mol. The summed E-state index contributed by atoms with van der Waals surface area (Å²) in [6.45, 7) is 7.28. The van der Waals surface area contributed by atoms with Gasteiger partial charge in [-0.15, -0.1) is 0 Å². The van der Waals surface area contributed by atoms with Crippen LogP contribution in [0.4, 0.5) is 11.4 Å². The van der Waals surface area contributed by atoms with Gasteiger partial charge in [-0.1, -0.05) is 12.1 Å². The highest BCUT2D eigenvalue weighted by Gasteiger charge is 2.23. The van der Waals surface area contributed by atoms with Crippen LogP contribution in [0.25, 0.3) is 0 Å². The quantitative estimate of drug-likeness (QED) is 0.543. The van der Waals surface area contributed by atoms with Crippen LogP contribution in [0.1, 0.15) is 0 Å². The van der Waals surface area contributed by atoms with E-state index in [1.54, 1.807) is 4.90 Å². The third kappa shape index (κ3) is 5.01. The molecule has 0 aliphatic carbocycles. The fourth-order valence-electron chi connectivity index (χ4n) is 3.49. The first-order valence-corrected chi connectivity index (χ1v) is 9.73. The molecular weight excluding hydrogens is 356 g/mol. The molecule has 1 aromatic rings. The van der Waals surface area contributed by atoms with E-state index in [1.807, 2.05) is 30.3 Å². The van der Waals surface area contributed by atoms with Crippen LogP contribution in [0.15, 0.2) is 36.0 Å². The third-order valence-corrected chi connectivity index (χ3v) is 5.08. The highest BCUT2D eigenvalue weighted by atomic mass is 16.5. The summed E-state index contributed by atoms with van der Waals surface area (Å²) >= 11 is 0. The number of piperazine rings is 1. The molecule has 0 saturated carbocycles. The first-order chi connectivity index (χ1) is 13.7. The smallest absolute Gasteiger partial charge is 0.266 e. The molecule has 3 rings (SSSR count). The van der Waals surface area contributed by atoms with Crippen molar-refractivity contribution in [3.05, 3.63) is 36.0 Å². The van der Waals surface area contributed by atoms with Crippen molar-refractivity contribution in [1.82, 2.24) is 9.80 Å². The van der Waals surface area contributed by atoms with Crippen LogP contribution in [-0.4, -0.2) is 81.3 Å². The summed E-state index contributed by atoms with van der Waals surface area (Å²) in [6, 6.07) is 9.95. The van der Waals surface area contributed by atoms with E-state index in [2.05, 4.69) is 15.1 Å². The van der Waals surface area contributed by atoms with E-state index < -0.39 is 0 Å². The molecule has 8 heteroatoms. The van der Waals surface area contributed by atoms with Crippen molar-refractivity contribution in [3.63, 3.8) is 0 Å². The molecule has 0 radical (unpaired) electrons. The van der Waals surface area contributed by atoms with Gasteiger partial charge >= 0.3 is 0 Å². The van der Waals surface area contributed by atoms with Gasteiger partial charge in [-0.25, -0.2) is 0 Å². The number of ether oxygens (including phenoxy) is 1. The van der Waals surface area contributed by atoms with Gasteiger partial charge in [0, 0.05) is 58.6 Å². The molecule has 150 valence electrons. The zero-order valence-corrected chi connectivity index (χ0v) is 16.1. The molecule has 2 aliphatic heterocycles. The Labute approximate surface area is 166 Å². The lowest BCUT2D eigenvalue weighted by Crippen LogP contribution is -2.50. The van der Waals surface area contributed by atoms with Gasteiger partial charge in [-0.05, 0) is 12.1 Å². The van der Waals surface area contributed by atoms with Crippen molar-refractivity contribution >= 4 is 17.3 Å². The van der Waals surface area contributed by atoms with Crippen LogP contribution in [0.3, 0.4) is 0 Å². The Bertz CT molecular complexity index is 730. The summed E-state index contributed by atoms with van der Waals surface area (Å²) < 4.78 is 5.42. The van der Waals surface area contributed by atoms with Crippen molar-refractivity contribution in [1.29, 1.82) is 5.26 Å². The number of carbonyl (C=O) groups excluding carboxylic acids is 1. The molecule has 8 nitrogen and oxygen atoms in total. The molecule has 0 bridgehead atoms. The van der Waals surface area contributed by atoms with Crippen molar-refractivity contribution in [2.75, 3.05) is 75.8 Å². The molecule has 1 amide bonds. The molecule has 2 fully saturated rings. The fourth-order valence-corrected chi connectivity index (χ4v) is 3.49. The Morgan fingerprint density at radius 3 is 2.57 bits per heavy atom. The molecule has 1 aromatic carbocycles. The number of hydrogen-bond acceptors (Lipinski definition) is 7. The lowest BCUT2D eigenvalue weighted by molar-refractivity contribution is -0.128. The zero-order chi connectivity index (χ0) is 19.8. The molecule has 3 N–H and O–H groups in total. The zero-order valence-electron chi connectivity index (χ0n) is 16.1. The van der Waals surface area contributed by atoms with E-state index >= 15 is 0 Å². The van der Waals surface area contributed by atoms with Gasteiger partial charge in [-0.3, -0.25) is 9.69 Å². The average Bonchev–Trinajstić information content (AvgIpc) is 2.76. The van der Waals surface area contributed by atoms with Crippen LogP contribution < -0.4 is 16.0 Å². The highest BCUT2D eigenvalue weighted by molar-refractivity contribution is 5.97. The molecular formula is C20H28N6O2. The Morgan fingerprint density at radius 2 is 1.89 bits per heavy atom. The molecule has 2 aliphatic rings. The number of carbonyl (C=O) groups is 1. The van der Waals surface area contributed by atoms with Gasteiger partial charge in [0.05, 0.1) is 24.6 Å². The minimum Gasteiger partial charge on any atom is -0.378 e. The van der Waals surface area contributed by atoms with Gasteiger partial charge < -0.3 is 25.6 Å². The van der Waals surface area contributed by atoms with Crippen molar-refractivity contribution in [2.24, 2.45) is 5.73 Å². The molecule has 0 spiro atoms. The number of benzene rings is 1. The van der Waals surface area contributed by atoms with E-state index in [-0.39, 0.29) is 11.5 Å². The maximum Gasteiger partial charge on any atom is 0.266 e. The predicted octanol–water partition coefficient (Wildman–Crippen LogP) is 0.445. The first-order valence-electron chi connectivity index (χ1n) is 9.73. The molecule has 2 heterocycles. The number of para-hydroxylation sites is 2. The van der Waals surface area contributed by atoms with Gasteiger partial charge in [0.2, 0.25) is 0 Å². The molecule has 0 aromatic heterocycles. The summed E-state index contributed by atoms with van der Waals surface area (Å²) in [7, 11) is 0. The first kappa shape index (κ1) is 20.1. The second kappa shape index (κ2) is 10.1. The average molecular weight is 384 g/mol. The van der Waals surface area contributed by atoms with Gasteiger partial charge in [0.1, 0.15) is 11.6 Å². The Morgan fingerprint density at radius 1 is 1.18 bits per heavy atom. The van der Waals surface area contributed by atoms with Gasteiger partial charge in [0.25, 0.3) is 5.91 Å². The third-order valence-electron chi connectivity index (χ3n) is 5.08. The number of nitrogens with two attached hydrogens (primary N) is 1. The van der Waals surface area contributed by atoms with Crippen molar-refractivity contribution in [3.8, 4) is 6.07 Å². The van der Waals surface area contributed by atoms with Crippen LogP contribution in [0, 0.1) is 11.3 Å². The summed E-state index contributed by atoms with van der Waals surface area (Å²) in [5, 5.41) is 12.7. The predicted molar refractivity (Wildman–Crippen MR) is 109 cm³/mol. The van der Waals surface area contributed by atoms with Gasteiger partial charge in [0.15, 0.2) is 0 Å². The standard InChI is InChI=1S/C20H28N6O2/c21-5-6-24-7-9-26(10-8-24)20(27)17(15-22)16-23-18-3-1-2-4-19(18)25-11-13-28-14-12-25/h1-4,16,23H,5-14,21H2/b17-16-. The number of anilines is 2. The number of hydrogen-bond donors (Lipinski definition) is 2. The summed E-state index contributed by atoms with van der Waals surface area (Å²) in [5.41, 5.74) is 7.62. The lowest BCUT2D eigenvalue weighted by atomic mass is 10.2. The maximum atomic E-state index is 12.7. The summed E-state index contributed by atoms with van der Waals surface area (Å²) in [4.78, 5) is 18.9. The topological polar surface area (TPSA) is 97.9 Å². The number of morpholine rings is 1. The van der Waals surface area contributed by atoms with Crippen LogP contribution in [0.5, 0.6) is 0 Å². The van der Waals surface area contributed by atoms with E-state index in [1.165, 1.54) is 6.20 Å². The number of amides is 1. The molecule has 0 unspecified atom stereocenters. The highest BCUT2D eigenvalue weighted by Crippen LogP contribution is 2.26. The normalized spacial score (nSPS) is 18.6. The second-order valence-corrected chi connectivity index (χ2v) is 6.85. The lowest BCUT2D eigenvalue weighted by Gasteiger charge is -2.34. The van der Waals surface area contributed by atoms with E-state index in [0.29, 0.717) is 32.8 Å². The fraction of sp³-hybridized carbons (Fsp3) is 0.500. The Balaban J connectivity index is 1.65. The Kier molecular flexibility index (Phi) is 7.25. The largest absolute Gasteiger partial charge is 0.378 e. The summed E-state index contributed by atoms with van der Waals surface area (Å²) in [5.74, 6) is -0.230. The van der Waals surface area contributed by atoms with E-state index in [0.717, 1.165) is 44.1 Å². The number of rotatable bonds is 6. The SMILES string of the molecule is N#C/C(=C/Nc1ccccc1N1CCOCC1)C(=O)N1CCN(CCN)CC1. The number of nitriles is 1. The second-order valence-electron chi connectivity index (χ2n) is 6.85. The minimum atomic E-state index is -0.230. The van der Waals surface area contributed by atoms with E-state index in [9.17, 15) is 10.1 Å². The number of nitrogens with zero attached hydrogens (tertiary/aromatic N) is 4.